The van der Waals surface area contributed by atoms with Gasteiger partial charge < -0.3 is 0 Å². The van der Waals surface area contributed by atoms with Gasteiger partial charge in [0.15, 0.2) is 0 Å². The van der Waals surface area contributed by atoms with Crippen LogP contribution in [0, 0.1) is 0 Å². The van der Waals surface area contributed by atoms with Crippen molar-refractivity contribution in [1.82, 2.24) is 0 Å². The molecule has 2 aliphatic rings. The fourth-order valence-electron chi connectivity index (χ4n) is 1.83. The molecule has 1 aliphatic heterocycles. The molecule has 0 bridgehead atoms. The van der Waals surface area contributed by atoms with Gasteiger partial charge in [-0.3, -0.25) is 9.98 Å². The number of hydrogen-bond acceptors (Lipinski definition) is 2. The van der Waals surface area contributed by atoms with E-state index >= 15 is 0 Å². The molecule has 1 aliphatic carbocycles. The summed E-state index contributed by atoms with van der Waals surface area (Å²) in [5.74, 6) is 0. The average Bonchev–Trinajstić information content (AvgIpc) is 2.07. The van der Waals surface area contributed by atoms with Crippen LogP contribution < -0.4 is 0 Å². The maximum Gasteiger partial charge on any atom is 0.125 e. The number of nitrogens with zero attached hydrogens (tertiary/aromatic N) is 2. The molecule has 0 aromatic carbocycles. The maximum absolute atomic E-state index is 5.93. The largest absolute Gasteiger partial charge is 0.281 e. The van der Waals surface area contributed by atoms with Crippen LogP contribution in [-0.4, -0.2) is 23.0 Å². The van der Waals surface area contributed by atoms with E-state index in [1.165, 1.54) is 18.6 Å². The van der Waals surface area contributed by atoms with Crippen molar-refractivity contribution in [1.29, 1.82) is 0 Å². The Labute approximate surface area is 77.7 Å². The first kappa shape index (κ1) is 8.24. The highest BCUT2D eigenvalue weighted by Gasteiger charge is 2.25. The molecule has 12 heavy (non-hydrogen) atoms. The molecule has 1 saturated carbocycles. The first-order valence-electron chi connectivity index (χ1n) is 4.57. The van der Waals surface area contributed by atoms with Crippen LogP contribution in [-0.2, 0) is 0 Å². The molecular weight excluding hydrogens is 172 g/mol. The quantitative estimate of drug-likeness (QED) is 0.553. The minimum Gasteiger partial charge on any atom is -0.281 e. The standard InChI is InChI=1S/C9H13ClN2/c1-6-9(10)12-8-5-3-2-4-7(8)11-6/h6,8H,2-5H2,1H3. The zero-order valence-electron chi connectivity index (χ0n) is 7.26. The summed E-state index contributed by atoms with van der Waals surface area (Å²) < 4.78 is 0. The molecule has 2 rings (SSSR count). The van der Waals surface area contributed by atoms with Crippen LogP contribution in [0.4, 0.5) is 0 Å². The van der Waals surface area contributed by atoms with Crippen LogP contribution >= 0.6 is 11.6 Å². The van der Waals surface area contributed by atoms with E-state index in [1.54, 1.807) is 0 Å². The van der Waals surface area contributed by atoms with Gasteiger partial charge in [-0.25, -0.2) is 0 Å². The van der Waals surface area contributed by atoms with Gasteiger partial charge in [-0.05, 0) is 26.2 Å². The second kappa shape index (κ2) is 3.17. The fourth-order valence-corrected chi connectivity index (χ4v) is 1.99. The lowest BCUT2D eigenvalue weighted by Crippen LogP contribution is -2.31. The van der Waals surface area contributed by atoms with Crippen LogP contribution in [0.1, 0.15) is 32.6 Å². The second-order valence-corrected chi connectivity index (χ2v) is 3.90. The number of aliphatic imine (C=N–C) groups is 2. The lowest BCUT2D eigenvalue weighted by Gasteiger charge is -2.26. The van der Waals surface area contributed by atoms with Crippen molar-refractivity contribution in [3.63, 3.8) is 0 Å². The SMILES string of the molecule is CC1N=C2CCCCC2N=C1Cl. The van der Waals surface area contributed by atoms with Gasteiger partial charge in [-0.2, -0.15) is 0 Å². The van der Waals surface area contributed by atoms with E-state index in [0.29, 0.717) is 11.2 Å². The summed E-state index contributed by atoms with van der Waals surface area (Å²) in [5.41, 5.74) is 1.28. The highest BCUT2D eigenvalue weighted by molar-refractivity contribution is 6.67. The van der Waals surface area contributed by atoms with Crippen LogP contribution in [0.15, 0.2) is 9.98 Å². The summed E-state index contributed by atoms with van der Waals surface area (Å²) in [7, 11) is 0. The van der Waals surface area contributed by atoms with E-state index in [0.717, 1.165) is 12.8 Å². The normalized spacial score (nSPS) is 35.2. The Balaban J connectivity index is 2.20. The summed E-state index contributed by atoms with van der Waals surface area (Å²) >= 11 is 5.93. The van der Waals surface area contributed by atoms with Gasteiger partial charge in [0.25, 0.3) is 0 Å². The van der Waals surface area contributed by atoms with E-state index < -0.39 is 0 Å². The molecule has 66 valence electrons. The molecule has 1 heterocycles. The molecule has 3 heteroatoms. The monoisotopic (exact) mass is 184 g/mol. The minimum atomic E-state index is 0.107. The zero-order valence-corrected chi connectivity index (χ0v) is 8.01. The first-order chi connectivity index (χ1) is 5.77. The molecular formula is C9H13ClN2. The smallest absolute Gasteiger partial charge is 0.125 e. The van der Waals surface area contributed by atoms with Crippen molar-refractivity contribution >= 4 is 22.5 Å². The molecule has 2 atom stereocenters. The lowest BCUT2D eigenvalue weighted by atomic mass is 9.92. The van der Waals surface area contributed by atoms with Crippen LogP contribution in [0.25, 0.3) is 0 Å². The van der Waals surface area contributed by atoms with Crippen molar-refractivity contribution in [3.8, 4) is 0 Å². The van der Waals surface area contributed by atoms with Gasteiger partial charge in [0, 0.05) is 5.71 Å². The number of hydrogen-bond donors (Lipinski definition) is 0. The summed E-state index contributed by atoms with van der Waals surface area (Å²) in [4.78, 5) is 8.98. The topological polar surface area (TPSA) is 24.7 Å². The Kier molecular flexibility index (Phi) is 2.18. The van der Waals surface area contributed by atoms with Gasteiger partial charge in [0.2, 0.25) is 0 Å². The van der Waals surface area contributed by atoms with Gasteiger partial charge in [0.1, 0.15) is 5.17 Å². The fraction of sp³-hybridized carbons (Fsp3) is 0.778. The second-order valence-electron chi connectivity index (χ2n) is 3.51. The molecule has 0 N–H and O–H groups in total. The van der Waals surface area contributed by atoms with E-state index in [2.05, 4.69) is 9.98 Å². The van der Waals surface area contributed by atoms with Crippen LogP contribution in [0.3, 0.4) is 0 Å². The Bertz CT molecular complexity index is 245. The van der Waals surface area contributed by atoms with Crippen molar-refractivity contribution in [2.75, 3.05) is 0 Å². The molecule has 0 aromatic rings. The number of fused-ring (bicyclic) bond motifs is 1. The molecule has 1 fully saturated rings. The predicted octanol–water partition coefficient (Wildman–Crippen LogP) is 2.41. The molecule has 0 spiro atoms. The van der Waals surface area contributed by atoms with Crippen LogP contribution in [0.2, 0.25) is 0 Å². The maximum atomic E-state index is 5.93. The lowest BCUT2D eigenvalue weighted by molar-refractivity contribution is 0.596. The number of rotatable bonds is 0. The number of halogens is 1. The van der Waals surface area contributed by atoms with Gasteiger partial charge >= 0.3 is 0 Å². The molecule has 0 radical (unpaired) electrons. The van der Waals surface area contributed by atoms with Gasteiger partial charge in [-0.15, -0.1) is 0 Å². The Morgan fingerprint density at radius 1 is 1.33 bits per heavy atom. The van der Waals surface area contributed by atoms with E-state index in [1.807, 2.05) is 6.92 Å². The van der Waals surface area contributed by atoms with E-state index in [9.17, 15) is 0 Å². The molecule has 0 saturated heterocycles. The third kappa shape index (κ3) is 1.40. The Hall–Kier alpha value is -0.370. The Morgan fingerprint density at radius 2 is 2.17 bits per heavy atom. The van der Waals surface area contributed by atoms with Gasteiger partial charge in [0.05, 0.1) is 12.1 Å². The van der Waals surface area contributed by atoms with Crippen molar-refractivity contribution < 1.29 is 0 Å². The zero-order chi connectivity index (χ0) is 8.55. The third-order valence-corrected chi connectivity index (χ3v) is 2.94. The summed E-state index contributed by atoms with van der Waals surface area (Å²) in [5, 5.41) is 0.686. The Morgan fingerprint density at radius 3 is 3.00 bits per heavy atom. The highest BCUT2D eigenvalue weighted by atomic mass is 35.5. The molecule has 0 amide bonds. The van der Waals surface area contributed by atoms with Crippen molar-refractivity contribution in [3.05, 3.63) is 0 Å². The highest BCUT2D eigenvalue weighted by Crippen LogP contribution is 2.23. The minimum absolute atomic E-state index is 0.107. The van der Waals surface area contributed by atoms with E-state index in [4.69, 9.17) is 11.6 Å². The molecule has 0 aromatic heterocycles. The molecule has 2 nitrogen and oxygen atoms in total. The van der Waals surface area contributed by atoms with Crippen LogP contribution in [0.5, 0.6) is 0 Å². The summed E-state index contributed by atoms with van der Waals surface area (Å²) in [6.07, 6.45) is 4.81. The van der Waals surface area contributed by atoms with E-state index in [-0.39, 0.29) is 6.04 Å². The summed E-state index contributed by atoms with van der Waals surface area (Å²) in [6.45, 7) is 2.00. The molecule has 2 unspecified atom stereocenters. The summed E-state index contributed by atoms with van der Waals surface area (Å²) in [6, 6.07) is 0.429. The first-order valence-corrected chi connectivity index (χ1v) is 4.95. The average molecular weight is 185 g/mol. The third-order valence-electron chi connectivity index (χ3n) is 2.53. The van der Waals surface area contributed by atoms with Gasteiger partial charge in [-0.1, -0.05) is 18.0 Å². The predicted molar refractivity (Wildman–Crippen MR) is 52.4 cm³/mol. The van der Waals surface area contributed by atoms with Crippen molar-refractivity contribution in [2.24, 2.45) is 9.98 Å². The van der Waals surface area contributed by atoms with Crippen molar-refractivity contribution in [2.45, 2.75) is 44.7 Å².